The van der Waals surface area contributed by atoms with Gasteiger partial charge in [-0.05, 0) is 31.7 Å². The maximum Gasteiger partial charge on any atom is 0.270 e. The zero-order valence-corrected chi connectivity index (χ0v) is 11.7. The molecule has 0 bridgehead atoms. The molecule has 0 atom stereocenters. The number of nitrogens with one attached hydrogen (secondary N) is 2. The highest BCUT2D eigenvalue weighted by Gasteiger charge is 2.37. The first-order valence-electron chi connectivity index (χ1n) is 6.80. The third kappa shape index (κ3) is 2.59. The normalized spacial score (nSPS) is 16.1. The molecule has 6 nitrogen and oxygen atoms in total. The van der Waals surface area contributed by atoms with Crippen molar-refractivity contribution in [3.63, 3.8) is 0 Å². The second-order valence-corrected chi connectivity index (χ2v) is 5.18. The third-order valence-electron chi connectivity index (χ3n) is 4.09. The topological polar surface area (TPSA) is 84.3 Å². The van der Waals surface area contributed by atoms with Gasteiger partial charge in [0.15, 0.2) is 0 Å². The van der Waals surface area contributed by atoms with Crippen LogP contribution in [0.4, 0.5) is 11.4 Å². The molecule has 1 aromatic carbocycles. The van der Waals surface area contributed by atoms with E-state index in [1.54, 1.807) is 13.1 Å². The number of carbonyl (C=O) groups excluding carboxylic acids is 1. The van der Waals surface area contributed by atoms with Crippen molar-refractivity contribution in [2.45, 2.75) is 38.1 Å². The fraction of sp³-hybridized carbons (Fsp3) is 0.500. The molecule has 2 rings (SSSR count). The molecule has 20 heavy (non-hydrogen) atoms. The van der Waals surface area contributed by atoms with Gasteiger partial charge in [0, 0.05) is 30.4 Å². The Morgan fingerprint density at radius 3 is 2.60 bits per heavy atom. The van der Waals surface area contributed by atoms with E-state index in [0.29, 0.717) is 11.3 Å². The number of nitro groups is 1. The van der Waals surface area contributed by atoms with Crippen molar-refractivity contribution < 1.29 is 9.72 Å². The number of amides is 1. The summed E-state index contributed by atoms with van der Waals surface area (Å²) in [5.41, 5.74) is 0.709. The number of nitrogens with zero attached hydrogens (tertiary/aromatic N) is 1. The summed E-state index contributed by atoms with van der Waals surface area (Å²) in [6.07, 6.45) is 3.93. The highest BCUT2D eigenvalue weighted by Crippen LogP contribution is 2.35. The lowest BCUT2D eigenvalue weighted by Crippen LogP contribution is -2.53. The van der Waals surface area contributed by atoms with E-state index < -0.39 is 4.92 Å². The fourth-order valence-corrected chi connectivity index (χ4v) is 2.53. The predicted octanol–water partition coefficient (Wildman–Crippen LogP) is 2.70. The zero-order chi connectivity index (χ0) is 14.8. The summed E-state index contributed by atoms with van der Waals surface area (Å²) in [5, 5.41) is 16.8. The number of hydrogen-bond donors (Lipinski definition) is 2. The number of hydrogen-bond acceptors (Lipinski definition) is 4. The molecule has 6 heteroatoms. The smallest absolute Gasteiger partial charge is 0.270 e. The Morgan fingerprint density at radius 1 is 1.45 bits per heavy atom. The van der Waals surface area contributed by atoms with Crippen molar-refractivity contribution in [2.75, 3.05) is 12.4 Å². The standard InChI is InChI=1S/C14H19N3O3/c1-3-14(7-4-8-14)16-13(18)11-9-10(17(19)20)5-6-12(11)15-2/h5-6,9,15H,3-4,7-8H2,1-2H3,(H,16,18). The van der Waals surface area contributed by atoms with Crippen LogP contribution in [-0.4, -0.2) is 23.4 Å². The van der Waals surface area contributed by atoms with E-state index in [4.69, 9.17) is 0 Å². The second kappa shape index (κ2) is 5.48. The first-order valence-corrected chi connectivity index (χ1v) is 6.80. The highest BCUT2D eigenvalue weighted by molar-refractivity contribution is 6.00. The van der Waals surface area contributed by atoms with Crippen molar-refractivity contribution in [1.82, 2.24) is 5.32 Å². The molecule has 2 N–H and O–H groups in total. The van der Waals surface area contributed by atoms with Crippen molar-refractivity contribution in [2.24, 2.45) is 0 Å². The maximum absolute atomic E-state index is 12.4. The molecule has 1 aliphatic rings. The van der Waals surface area contributed by atoms with Crippen LogP contribution in [0.15, 0.2) is 18.2 Å². The van der Waals surface area contributed by atoms with Gasteiger partial charge < -0.3 is 10.6 Å². The molecule has 1 aromatic rings. The molecule has 1 amide bonds. The minimum absolute atomic E-state index is 0.0756. The molecule has 1 fully saturated rings. The lowest BCUT2D eigenvalue weighted by atomic mass is 9.74. The Kier molecular flexibility index (Phi) is 3.92. The molecule has 0 aromatic heterocycles. The van der Waals surface area contributed by atoms with E-state index >= 15 is 0 Å². The SMILES string of the molecule is CCC1(NC(=O)c2cc([N+](=O)[O-])ccc2NC)CCC1. The second-order valence-electron chi connectivity index (χ2n) is 5.18. The average molecular weight is 277 g/mol. The number of non-ortho nitro benzene ring substituents is 1. The van der Waals surface area contributed by atoms with E-state index in [9.17, 15) is 14.9 Å². The molecule has 0 aliphatic heterocycles. The molecule has 1 saturated carbocycles. The van der Waals surface area contributed by atoms with Crippen LogP contribution < -0.4 is 10.6 Å². The van der Waals surface area contributed by atoms with Crippen LogP contribution in [0, 0.1) is 10.1 Å². The number of anilines is 1. The maximum atomic E-state index is 12.4. The van der Waals surface area contributed by atoms with Crippen LogP contribution >= 0.6 is 0 Å². The lowest BCUT2D eigenvalue weighted by molar-refractivity contribution is -0.384. The first kappa shape index (κ1) is 14.3. The van der Waals surface area contributed by atoms with Crippen LogP contribution in [0.2, 0.25) is 0 Å². The molecule has 0 unspecified atom stereocenters. The Bertz CT molecular complexity index is 533. The molecule has 0 spiro atoms. The molecule has 0 radical (unpaired) electrons. The van der Waals surface area contributed by atoms with Gasteiger partial charge in [-0.25, -0.2) is 0 Å². The molecule has 0 heterocycles. The Hall–Kier alpha value is -2.11. The lowest BCUT2D eigenvalue weighted by Gasteiger charge is -2.42. The predicted molar refractivity (Wildman–Crippen MR) is 77.0 cm³/mol. The quantitative estimate of drug-likeness (QED) is 0.640. The van der Waals surface area contributed by atoms with Crippen LogP contribution in [0.3, 0.4) is 0 Å². The van der Waals surface area contributed by atoms with Crippen molar-refractivity contribution in [1.29, 1.82) is 0 Å². The van der Waals surface area contributed by atoms with Gasteiger partial charge >= 0.3 is 0 Å². The number of carbonyl (C=O) groups is 1. The Morgan fingerprint density at radius 2 is 2.15 bits per heavy atom. The van der Waals surface area contributed by atoms with Gasteiger partial charge in [-0.3, -0.25) is 14.9 Å². The number of nitro benzene ring substituents is 1. The van der Waals surface area contributed by atoms with Crippen LogP contribution in [-0.2, 0) is 0 Å². The van der Waals surface area contributed by atoms with E-state index in [0.717, 1.165) is 25.7 Å². The van der Waals surface area contributed by atoms with Gasteiger partial charge in [-0.15, -0.1) is 0 Å². The first-order chi connectivity index (χ1) is 9.51. The summed E-state index contributed by atoms with van der Waals surface area (Å²) < 4.78 is 0. The summed E-state index contributed by atoms with van der Waals surface area (Å²) >= 11 is 0. The minimum Gasteiger partial charge on any atom is -0.387 e. The summed E-state index contributed by atoms with van der Waals surface area (Å²) in [6.45, 7) is 2.05. The van der Waals surface area contributed by atoms with Gasteiger partial charge in [0.25, 0.3) is 11.6 Å². The minimum atomic E-state index is -0.491. The summed E-state index contributed by atoms with van der Waals surface area (Å²) in [6, 6.07) is 4.27. The fourth-order valence-electron chi connectivity index (χ4n) is 2.53. The monoisotopic (exact) mass is 277 g/mol. The largest absolute Gasteiger partial charge is 0.387 e. The molecule has 108 valence electrons. The van der Waals surface area contributed by atoms with Crippen LogP contribution in [0.25, 0.3) is 0 Å². The molecular formula is C14H19N3O3. The van der Waals surface area contributed by atoms with Crippen LogP contribution in [0.1, 0.15) is 43.0 Å². The molecule has 0 saturated heterocycles. The van der Waals surface area contributed by atoms with E-state index in [2.05, 4.69) is 10.6 Å². The van der Waals surface area contributed by atoms with Gasteiger partial charge in [-0.1, -0.05) is 6.92 Å². The van der Waals surface area contributed by atoms with Gasteiger partial charge in [0.2, 0.25) is 0 Å². The van der Waals surface area contributed by atoms with E-state index in [1.807, 2.05) is 6.92 Å². The molecule has 1 aliphatic carbocycles. The molecular weight excluding hydrogens is 258 g/mol. The van der Waals surface area contributed by atoms with Gasteiger partial charge in [-0.2, -0.15) is 0 Å². The van der Waals surface area contributed by atoms with Crippen molar-refractivity contribution in [3.05, 3.63) is 33.9 Å². The number of benzene rings is 1. The van der Waals surface area contributed by atoms with Crippen molar-refractivity contribution >= 4 is 17.3 Å². The third-order valence-corrected chi connectivity index (χ3v) is 4.09. The van der Waals surface area contributed by atoms with Crippen molar-refractivity contribution in [3.8, 4) is 0 Å². The summed E-state index contributed by atoms with van der Waals surface area (Å²) in [5.74, 6) is -0.250. The summed E-state index contributed by atoms with van der Waals surface area (Å²) in [7, 11) is 1.69. The van der Waals surface area contributed by atoms with E-state index in [-0.39, 0.29) is 17.1 Å². The van der Waals surface area contributed by atoms with Gasteiger partial charge in [0.05, 0.1) is 10.5 Å². The zero-order valence-electron chi connectivity index (χ0n) is 11.7. The average Bonchev–Trinajstić information content (AvgIpc) is 2.41. The van der Waals surface area contributed by atoms with Crippen LogP contribution in [0.5, 0.6) is 0 Å². The number of rotatable bonds is 5. The van der Waals surface area contributed by atoms with E-state index in [1.165, 1.54) is 12.1 Å². The highest BCUT2D eigenvalue weighted by atomic mass is 16.6. The Labute approximate surface area is 117 Å². The van der Waals surface area contributed by atoms with Gasteiger partial charge in [0.1, 0.15) is 0 Å². The Balaban J connectivity index is 2.27. The summed E-state index contributed by atoms with van der Waals surface area (Å²) in [4.78, 5) is 22.7.